The number of nitrogens with zero attached hydrogens (tertiary/aromatic N) is 3. The normalized spacial score (nSPS) is 17.9. The minimum atomic E-state index is 0.126. The smallest absolute Gasteiger partial charge is 0.254 e. The van der Waals surface area contributed by atoms with Crippen LogP contribution in [0.2, 0.25) is 0 Å². The molecule has 5 heteroatoms. The summed E-state index contributed by atoms with van der Waals surface area (Å²) in [4.78, 5) is 14.6. The summed E-state index contributed by atoms with van der Waals surface area (Å²) in [6.45, 7) is 3.72. The number of hydrogen-bond acceptors (Lipinski definition) is 3. The van der Waals surface area contributed by atoms with E-state index in [0.29, 0.717) is 6.04 Å². The second-order valence-electron chi connectivity index (χ2n) is 5.86. The van der Waals surface area contributed by atoms with Crippen molar-refractivity contribution in [2.75, 3.05) is 20.1 Å². The topological polar surface area (TPSA) is 50.2 Å². The molecular formula is C17H22N4O. The number of carbonyl (C=O) groups excluding carboxylic acids is 1. The highest BCUT2D eigenvalue weighted by Gasteiger charge is 2.28. The van der Waals surface area contributed by atoms with Gasteiger partial charge >= 0.3 is 0 Å². The highest BCUT2D eigenvalue weighted by molar-refractivity contribution is 5.94. The molecule has 22 heavy (non-hydrogen) atoms. The van der Waals surface area contributed by atoms with Crippen LogP contribution in [0.3, 0.4) is 0 Å². The fraction of sp³-hybridized carbons (Fsp3) is 0.412. The molecule has 0 saturated carbocycles. The fourth-order valence-electron chi connectivity index (χ4n) is 3.03. The highest BCUT2D eigenvalue weighted by Crippen LogP contribution is 2.20. The third-order valence-corrected chi connectivity index (χ3v) is 4.17. The first-order chi connectivity index (χ1) is 10.7. The van der Waals surface area contributed by atoms with Crippen LogP contribution >= 0.6 is 0 Å². The number of carbonyl (C=O) groups is 1. The maximum Gasteiger partial charge on any atom is 0.254 e. The lowest BCUT2D eigenvalue weighted by Gasteiger charge is -2.24. The fourth-order valence-corrected chi connectivity index (χ4v) is 3.03. The van der Waals surface area contributed by atoms with Gasteiger partial charge in [0, 0.05) is 30.9 Å². The SMILES string of the molecule is CNC[C@@H]1CCCN1C(=O)c1ccc(-n2cc(C)cn2)cc1. The first-order valence-corrected chi connectivity index (χ1v) is 7.76. The second kappa shape index (κ2) is 6.32. The number of likely N-dealkylation sites (N-methyl/N-ethyl adjacent to an activating group) is 1. The molecule has 2 heterocycles. The molecule has 3 rings (SSSR count). The number of aromatic nitrogens is 2. The van der Waals surface area contributed by atoms with E-state index in [-0.39, 0.29) is 5.91 Å². The molecule has 1 aromatic heterocycles. The van der Waals surface area contributed by atoms with Gasteiger partial charge in [-0.25, -0.2) is 4.68 Å². The van der Waals surface area contributed by atoms with Gasteiger partial charge < -0.3 is 10.2 Å². The number of rotatable bonds is 4. The number of benzene rings is 1. The average Bonchev–Trinajstić information content (AvgIpc) is 3.16. The number of nitrogens with one attached hydrogen (secondary N) is 1. The molecule has 0 radical (unpaired) electrons. The Balaban J connectivity index is 1.76. The van der Waals surface area contributed by atoms with Crippen LogP contribution in [-0.4, -0.2) is 46.8 Å². The summed E-state index contributed by atoms with van der Waals surface area (Å²) in [6.07, 6.45) is 5.96. The van der Waals surface area contributed by atoms with E-state index < -0.39 is 0 Å². The first kappa shape index (κ1) is 14.8. The maximum atomic E-state index is 12.7. The van der Waals surface area contributed by atoms with Gasteiger partial charge in [-0.3, -0.25) is 4.79 Å². The minimum Gasteiger partial charge on any atom is -0.334 e. The summed E-state index contributed by atoms with van der Waals surface area (Å²) in [5.41, 5.74) is 2.83. The largest absolute Gasteiger partial charge is 0.334 e. The van der Waals surface area contributed by atoms with Crippen molar-refractivity contribution in [3.63, 3.8) is 0 Å². The molecule has 1 N–H and O–H groups in total. The van der Waals surface area contributed by atoms with Gasteiger partial charge in [-0.05, 0) is 56.6 Å². The maximum absolute atomic E-state index is 12.7. The van der Waals surface area contributed by atoms with Gasteiger partial charge in [0.2, 0.25) is 0 Å². The molecule has 1 amide bonds. The number of amides is 1. The zero-order chi connectivity index (χ0) is 15.5. The minimum absolute atomic E-state index is 0.126. The third-order valence-electron chi connectivity index (χ3n) is 4.17. The molecule has 0 aliphatic carbocycles. The zero-order valence-electron chi connectivity index (χ0n) is 13.1. The predicted octanol–water partition coefficient (Wildman–Crippen LogP) is 2.00. The molecule has 1 aliphatic rings. The monoisotopic (exact) mass is 298 g/mol. The third kappa shape index (κ3) is 2.90. The summed E-state index contributed by atoms with van der Waals surface area (Å²) >= 11 is 0. The van der Waals surface area contributed by atoms with Crippen molar-refractivity contribution in [2.24, 2.45) is 0 Å². The van der Waals surface area contributed by atoms with Crippen molar-refractivity contribution in [1.82, 2.24) is 20.0 Å². The van der Waals surface area contributed by atoms with Crippen molar-refractivity contribution in [3.05, 3.63) is 47.8 Å². The molecule has 0 spiro atoms. The Bertz CT molecular complexity index is 647. The Hall–Kier alpha value is -2.14. The number of likely N-dealkylation sites (tertiary alicyclic amines) is 1. The Morgan fingerprint density at radius 3 is 2.77 bits per heavy atom. The molecule has 1 fully saturated rings. The van der Waals surface area contributed by atoms with Crippen molar-refractivity contribution >= 4 is 5.91 Å². The molecule has 1 aliphatic heterocycles. The van der Waals surface area contributed by atoms with Gasteiger partial charge in [0.25, 0.3) is 5.91 Å². The van der Waals surface area contributed by atoms with Gasteiger partial charge in [-0.2, -0.15) is 5.10 Å². The molecule has 1 aromatic carbocycles. The average molecular weight is 298 g/mol. The van der Waals surface area contributed by atoms with E-state index in [2.05, 4.69) is 10.4 Å². The highest BCUT2D eigenvalue weighted by atomic mass is 16.2. The van der Waals surface area contributed by atoms with E-state index >= 15 is 0 Å². The van der Waals surface area contributed by atoms with E-state index in [0.717, 1.165) is 42.7 Å². The summed E-state index contributed by atoms with van der Waals surface area (Å²) in [6, 6.07) is 7.99. The standard InChI is InChI=1S/C17H22N4O/c1-13-10-19-21(12-13)15-7-5-14(6-8-15)17(22)20-9-3-4-16(20)11-18-2/h5-8,10,12,16,18H,3-4,9,11H2,1-2H3/t16-/m0/s1. The molecule has 1 atom stereocenters. The van der Waals surface area contributed by atoms with Crippen molar-refractivity contribution in [2.45, 2.75) is 25.8 Å². The van der Waals surface area contributed by atoms with Crippen LogP contribution in [0.4, 0.5) is 0 Å². The Labute approximate surface area is 130 Å². The molecule has 0 unspecified atom stereocenters. The van der Waals surface area contributed by atoms with E-state index in [9.17, 15) is 4.79 Å². The Kier molecular flexibility index (Phi) is 4.24. The molecule has 2 aromatic rings. The lowest BCUT2D eigenvalue weighted by atomic mass is 10.1. The Morgan fingerprint density at radius 2 is 2.14 bits per heavy atom. The van der Waals surface area contributed by atoms with Gasteiger partial charge in [0.05, 0.1) is 11.9 Å². The number of hydrogen-bond donors (Lipinski definition) is 1. The first-order valence-electron chi connectivity index (χ1n) is 7.76. The van der Waals surface area contributed by atoms with Crippen LogP contribution in [0.5, 0.6) is 0 Å². The van der Waals surface area contributed by atoms with Gasteiger partial charge in [-0.1, -0.05) is 0 Å². The van der Waals surface area contributed by atoms with E-state index in [1.54, 1.807) is 0 Å². The van der Waals surface area contributed by atoms with E-state index in [1.165, 1.54) is 0 Å². The van der Waals surface area contributed by atoms with Crippen LogP contribution in [-0.2, 0) is 0 Å². The van der Waals surface area contributed by atoms with Crippen molar-refractivity contribution in [3.8, 4) is 5.69 Å². The van der Waals surface area contributed by atoms with Crippen molar-refractivity contribution in [1.29, 1.82) is 0 Å². The lowest BCUT2D eigenvalue weighted by Crippen LogP contribution is -2.40. The van der Waals surface area contributed by atoms with Crippen LogP contribution < -0.4 is 5.32 Å². The lowest BCUT2D eigenvalue weighted by molar-refractivity contribution is 0.0737. The zero-order valence-corrected chi connectivity index (χ0v) is 13.1. The number of aryl methyl sites for hydroxylation is 1. The quantitative estimate of drug-likeness (QED) is 0.939. The molecule has 5 nitrogen and oxygen atoms in total. The van der Waals surface area contributed by atoms with Crippen LogP contribution in [0.1, 0.15) is 28.8 Å². The van der Waals surface area contributed by atoms with Gasteiger partial charge in [0.1, 0.15) is 0 Å². The van der Waals surface area contributed by atoms with Crippen LogP contribution in [0, 0.1) is 6.92 Å². The predicted molar refractivity (Wildman–Crippen MR) is 86.3 cm³/mol. The van der Waals surface area contributed by atoms with Crippen LogP contribution in [0.25, 0.3) is 5.69 Å². The van der Waals surface area contributed by atoms with E-state index in [4.69, 9.17) is 0 Å². The van der Waals surface area contributed by atoms with Crippen LogP contribution in [0.15, 0.2) is 36.7 Å². The van der Waals surface area contributed by atoms with Crippen molar-refractivity contribution < 1.29 is 4.79 Å². The summed E-state index contributed by atoms with van der Waals surface area (Å²) in [5, 5.41) is 7.46. The Morgan fingerprint density at radius 1 is 1.36 bits per heavy atom. The molecule has 0 bridgehead atoms. The summed E-state index contributed by atoms with van der Waals surface area (Å²) in [5.74, 6) is 0.126. The van der Waals surface area contributed by atoms with E-state index in [1.807, 2.05) is 60.2 Å². The molecular weight excluding hydrogens is 276 g/mol. The molecule has 116 valence electrons. The summed E-state index contributed by atoms with van der Waals surface area (Å²) in [7, 11) is 1.93. The van der Waals surface area contributed by atoms with Gasteiger partial charge in [0.15, 0.2) is 0 Å². The molecule has 1 saturated heterocycles. The van der Waals surface area contributed by atoms with Gasteiger partial charge in [-0.15, -0.1) is 0 Å². The second-order valence-corrected chi connectivity index (χ2v) is 5.86. The summed E-state index contributed by atoms with van der Waals surface area (Å²) < 4.78 is 1.82.